The van der Waals surface area contributed by atoms with Gasteiger partial charge in [-0.05, 0) is 12.5 Å². The summed E-state index contributed by atoms with van der Waals surface area (Å²) in [6.45, 7) is 0. The Morgan fingerprint density at radius 2 is 1.91 bits per heavy atom. The first-order chi connectivity index (χ1) is 10.9. The summed E-state index contributed by atoms with van der Waals surface area (Å²) in [4.78, 5) is 21.4. The van der Waals surface area contributed by atoms with Gasteiger partial charge in [-0.3, -0.25) is 9.69 Å². The third kappa shape index (κ3) is 6.06. The summed E-state index contributed by atoms with van der Waals surface area (Å²) in [6, 6.07) is 1.43. The normalized spacial score (nSPS) is 9.96. The molecule has 0 spiro atoms. The van der Waals surface area contributed by atoms with Gasteiger partial charge < -0.3 is 9.47 Å². The number of rotatable bonds is 6. The lowest BCUT2D eigenvalue weighted by atomic mass is 10.4. The standard InChI is InChI=1S/C13H15F2N3O3S2/c1-18(13(22)23-6-4-5-8(14)15)12(19)11-16-9(20-2)7-10(17-11)21-3/h5,7H,4,6H2,1-3H3. The van der Waals surface area contributed by atoms with Crippen molar-refractivity contribution in [3.8, 4) is 11.8 Å². The number of carbonyl (C=O) groups excluding carboxylic acids is 1. The Labute approximate surface area is 141 Å². The Kier molecular flexibility index (Phi) is 7.83. The van der Waals surface area contributed by atoms with Crippen molar-refractivity contribution in [2.45, 2.75) is 6.42 Å². The summed E-state index contributed by atoms with van der Waals surface area (Å²) in [6.07, 6.45) is -0.788. The van der Waals surface area contributed by atoms with Crippen molar-refractivity contribution in [3.63, 3.8) is 0 Å². The smallest absolute Gasteiger partial charge is 0.297 e. The van der Waals surface area contributed by atoms with Crippen LogP contribution in [0.15, 0.2) is 18.2 Å². The van der Waals surface area contributed by atoms with E-state index in [4.69, 9.17) is 21.7 Å². The Bertz CT molecular complexity index is 588. The number of ether oxygens (including phenoxy) is 2. The molecule has 23 heavy (non-hydrogen) atoms. The van der Waals surface area contributed by atoms with Gasteiger partial charge in [-0.1, -0.05) is 24.0 Å². The van der Waals surface area contributed by atoms with E-state index >= 15 is 0 Å². The molecule has 1 aromatic rings. The van der Waals surface area contributed by atoms with Crippen LogP contribution in [0, 0.1) is 0 Å². The molecule has 0 aliphatic rings. The largest absolute Gasteiger partial charge is 0.481 e. The maximum Gasteiger partial charge on any atom is 0.297 e. The first-order valence-electron chi connectivity index (χ1n) is 6.32. The fourth-order valence-corrected chi connectivity index (χ4v) is 2.37. The highest BCUT2D eigenvalue weighted by atomic mass is 32.2. The zero-order chi connectivity index (χ0) is 17.4. The first kappa shape index (κ1) is 19.2. The number of hydrogen-bond donors (Lipinski definition) is 0. The van der Waals surface area contributed by atoms with Crippen molar-refractivity contribution in [3.05, 3.63) is 24.0 Å². The summed E-state index contributed by atoms with van der Waals surface area (Å²) in [5, 5.41) is 0. The second-order valence-corrected chi connectivity index (χ2v) is 5.77. The first-order valence-corrected chi connectivity index (χ1v) is 7.71. The predicted molar refractivity (Wildman–Crippen MR) is 87.2 cm³/mol. The van der Waals surface area contributed by atoms with Crippen molar-refractivity contribution in [1.29, 1.82) is 0 Å². The molecular formula is C13H15F2N3O3S2. The molecule has 0 N–H and O–H groups in total. The Balaban J connectivity index is 2.75. The number of allylic oxidation sites excluding steroid dienone is 1. The average Bonchev–Trinajstić information content (AvgIpc) is 2.56. The summed E-state index contributed by atoms with van der Waals surface area (Å²) in [7, 11) is 4.26. The van der Waals surface area contributed by atoms with Crippen LogP contribution in [-0.2, 0) is 0 Å². The molecule has 0 unspecified atom stereocenters. The van der Waals surface area contributed by atoms with Crippen LogP contribution in [0.4, 0.5) is 8.78 Å². The van der Waals surface area contributed by atoms with E-state index < -0.39 is 12.0 Å². The van der Waals surface area contributed by atoms with E-state index in [2.05, 4.69) is 9.97 Å². The summed E-state index contributed by atoms with van der Waals surface area (Å²) in [5.41, 5.74) is 0. The maximum atomic E-state index is 12.3. The predicted octanol–water partition coefficient (Wildman–Crippen LogP) is 2.75. The number of thiocarbonyl (C=S) groups is 1. The molecule has 0 bridgehead atoms. The minimum absolute atomic E-state index is 0.138. The topological polar surface area (TPSA) is 64.6 Å². The number of thioether (sulfide) groups is 1. The lowest BCUT2D eigenvalue weighted by Crippen LogP contribution is -2.31. The van der Waals surface area contributed by atoms with E-state index in [9.17, 15) is 13.6 Å². The number of aromatic nitrogens is 2. The molecule has 0 fully saturated rings. The van der Waals surface area contributed by atoms with Gasteiger partial charge in [-0.2, -0.15) is 18.7 Å². The van der Waals surface area contributed by atoms with Gasteiger partial charge >= 0.3 is 0 Å². The van der Waals surface area contributed by atoms with Crippen LogP contribution in [-0.4, -0.2) is 52.1 Å². The van der Waals surface area contributed by atoms with Gasteiger partial charge in [0.25, 0.3) is 12.0 Å². The fourth-order valence-electron chi connectivity index (χ4n) is 1.35. The van der Waals surface area contributed by atoms with E-state index in [0.717, 1.165) is 17.8 Å². The highest BCUT2D eigenvalue weighted by Crippen LogP contribution is 2.17. The van der Waals surface area contributed by atoms with Crippen LogP contribution >= 0.6 is 24.0 Å². The number of amides is 1. The molecule has 6 nitrogen and oxygen atoms in total. The van der Waals surface area contributed by atoms with E-state index in [0.29, 0.717) is 5.75 Å². The molecule has 1 heterocycles. The molecule has 0 radical (unpaired) electrons. The Hall–Kier alpha value is -1.81. The van der Waals surface area contributed by atoms with E-state index in [1.165, 1.54) is 32.2 Å². The quantitative estimate of drug-likeness (QED) is 0.569. The summed E-state index contributed by atoms with van der Waals surface area (Å²) in [5.74, 6) is -0.00414. The minimum atomic E-state index is -1.74. The lowest BCUT2D eigenvalue weighted by molar-refractivity contribution is 0.0862. The molecule has 1 aromatic heterocycles. The number of halogens is 2. The van der Waals surface area contributed by atoms with Gasteiger partial charge in [0.15, 0.2) is 0 Å². The number of carbonyl (C=O) groups is 1. The van der Waals surface area contributed by atoms with Crippen molar-refractivity contribution >= 4 is 34.2 Å². The van der Waals surface area contributed by atoms with Crippen LogP contribution in [0.3, 0.4) is 0 Å². The van der Waals surface area contributed by atoms with Gasteiger partial charge in [0, 0.05) is 12.8 Å². The number of nitrogens with zero attached hydrogens (tertiary/aromatic N) is 3. The summed E-state index contributed by atoms with van der Waals surface area (Å²) >= 11 is 6.21. The van der Waals surface area contributed by atoms with Gasteiger partial charge in [-0.25, -0.2) is 0 Å². The number of methoxy groups -OCH3 is 2. The van der Waals surface area contributed by atoms with Crippen LogP contribution in [0.1, 0.15) is 17.0 Å². The Morgan fingerprint density at radius 3 is 2.39 bits per heavy atom. The van der Waals surface area contributed by atoms with E-state index in [1.54, 1.807) is 0 Å². The van der Waals surface area contributed by atoms with E-state index in [1.807, 2.05) is 0 Å². The van der Waals surface area contributed by atoms with E-state index in [-0.39, 0.29) is 28.3 Å². The molecule has 0 aliphatic heterocycles. The molecule has 0 atom stereocenters. The third-order valence-electron chi connectivity index (χ3n) is 2.51. The van der Waals surface area contributed by atoms with Crippen LogP contribution in [0.25, 0.3) is 0 Å². The lowest BCUT2D eigenvalue weighted by Gasteiger charge is -2.16. The molecule has 126 valence electrons. The number of hydrogen-bond acceptors (Lipinski definition) is 7. The van der Waals surface area contributed by atoms with Gasteiger partial charge in [-0.15, -0.1) is 0 Å². The molecule has 10 heteroatoms. The van der Waals surface area contributed by atoms with Crippen molar-refractivity contribution in [2.75, 3.05) is 27.0 Å². The van der Waals surface area contributed by atoms with Crippen molar-refractivity contribution in [2.24, 2.45) is 0 Å². The highest BCUT2D eigenvalue weighted by Gasteiger charge is 2.20. The average molecular weight is 363 g/mol. The zero-order valence-electron chi connectivity index (χ0n) is 12.7. The monoisotopic (exact) mass is 363 g/mol. The summed E-state index contributed by atoms with van der Waals surface area (Å²) < 4.78 is 34.0. The second kappa shape index (κ2) is 9.36. The fraction of sp³-hybridized carbons (Fsp3) is 0.385. The van der Waals surface area contributed by atoms with Crippen LogP contribution < -0.4 is 9.47 Å². The SMILES string of the molecule is COc1cc(OC)nc(C(=O)N(C)C(=S)SCCC=C(F)F)n1. The minimum Gasteiger partial charge on any atom is -0.481 e. The maximum absolute atomic E-state index is 12.3. The van der Waals surface area contributed by atoms with Crippen molar-refractivity contribution < 1.29 is 23.0 Å². The molecule has 0 aromatic carbocycles. The molecular weight excluding hydrogens is 348 g/mol. The van der Waals surface area contributed by atoms with Crippen LogP contribution in [0.2, 0.25) is 0 Å². The highest BCUT2D eigenvalue weighted by molar-refractivity contribution is 8.22. The molecule has 1 amide bonds. The van der Waals surface area contributed by atoms with Crippen LogP contribution in [0.5, 0.6) is 11.8 Å². The van der Waals surface area contributed by atoms with Gasteiger partial charge in [0.1, 0.15) is 4.32 Å². The van der Waals surface area contributed by atoms with Gasteiger partial charge in [0.2, 0.25) is 17.6 Å². The second-order valence-electron chi connectivity index (χ2n) is 4.04. The third-order valence-corrected chi connectivity index (χ3v) is 4.10. The molecule has 0 saturated heterocycles. The molecule has 1 rings (SSSR count). The Morgan fingerprint density at radius 1 is 1.35 bits per heavy atom. The zero-order valence-corrected chi connectivity index (χ0v) is 14.3. The van der Waals surface area contributed by atoms with Gasteiger partial charge in [0.05, 0.1) is 20.3 Å². The molecule has 0 saturated carbocycles. The van der Waals surface area contributed by atoms with Crippen molar-refractivity contribution in [1.82, 2.24) is 14.9 Å². The molecule has 0 aliphatic carbocycles.